The van der Waals surface area contributed by atoms with Crippen molar-refractivity contribution in [3.63, 3.8) is 0 Å². The summed E-state index contributed by atoms with van der Waals surface area (Å²) in [6.07, 6.45) is 45.6. The molecule has 0 heterocycles. The largest absolute Gasteiger partial charge is 0.472 e. The maximum atomic E-state index is 12.6. The molecule has 0 aromatic carbocycles. The van der Waals surface area contributed by atoms with Crippen LogP contribution < -0.4 is 0 Å². The van der Waals surface area contributed by atoms with Gasteiger partial charge in [0.15, 0.2) is 6.10 Å². The Balaban J connectivity index is 4.37. The van der Waals surface area contributed by atoms with Gasteiger partial charge in [0.05, 0.1) is 27.7 Å². The summed E-state index contributed by atoms with van der Waals surface area (Å²) in [5.74, 6) is -0.853. The Morgan fingerprint density at radius 1 is 0.571 bits per heavy atom. The molecule has 0 saturated heterocycles. The van der Waals surface area contributed by atoms with Crippen molar-refractivity contribution in [1.29, 1.82) is 0 Å². The summed E-state index contributed by atoms with van der Waals surface area (Å²) >= 11 is 0. The van der Waals surface area contributed by atoms with Gasteiger partial charge in [-0.05, 0) is 57.8 Å². The Kier molecular flexibility index (Phi) is 36.7. The van der Waals surface area contributed by atoms with Crippen LogP contribution in [0.2, 0.25) is 0 Å². The maximum absolute atomic E-state index is 12.6. The van der Waals surface area contributed by atoms with Crippen LogP contribution in [0.3, 0.4) is 0 Å². The van der Waals surface area contributed by atoms with Crippen LogP contribution in [-0.2, 0) is 32.7 Å². The highest BCUT2D eigenvalue weighted by atomic mass is 31.2. The second-order valence-electron chi connectivity index (χ2n) is 15.8. The predicted octanol–water partition coefficient (Wildman–Crippen LogP) is 12.5. The average molecular weight is 809 g/mol. The number of allylic oxidation sites excluding steroid dienone is 10. The molecule has 0 aromatic rings. The molecule has 0 saturated carbocycles. The number of likely N-dealkylation sites (N-methyl/N-ethyl adjacent to an activating group) is 1. The number of carbonyl (C=O) groups excluding carboxylic acids is 2. The van der Waals surface area contributed by atoms with E-state index in [1.54, 1.807) is 0 Å². The number of phosphoric ester groups is 1. The fourth-order valence-electron chi connectivity index (χ4n) is 5.67. The Morgan fingerprint density at radius 2 is 1.04 bits per heavy atom. The second-order valence-corrected chi connectivity index (χ2v) is 17.2. The normalized spacial score (nSPS) is 14.2. The number of quaternary nitrogens is 1. The van der Waals surface area contributed by atoms with Crippen molar-refractivity contribution >= 4 is 19.8 Å². The lowest BCUT2D eigenvalue weighted by Crippen LogP contribution is -2.37. The van der Waals surface area contributed by atoms with E-state index >= 15 is 0 Å². The number of ether oxygens (including phenoxy) is 2. The van der Waals surface area contributed by atoms with Gasteiger partial charge in [0.2, 0.25) is 0 Å². The minimum Gasteiger partial charge on any atom is -0.462 e. The Bertz CT molecular complexity index is 1140. The fraction of sp³-hybridized carbons (Fsp3) is 0.739. The van der Waals surface area contributed by atoms with Gasteiger partial charge < -0.3 is 18.9 Å². The van der Waals surface area contributed by atoms with Crippen LogP contribution >= 0.6 is 7.82 Å². The quantitative estimate of drug-likeness (QED) is 0.0163. The number of phosphoric acid groups is 1. The van der Waals surface area contributed by atoms with Crippen LogP contribution in [0.4, 0.5) is 0 Å². The molecule has 0 radical (unpaired) electrons. The number of hydrogen-bond acceptors (Lipinski definition) is 7. The molecule has 2 unspecified atom stereocenters. The summed E-state index contributed by atoms with van der Waals surface area (Å²) in [5.41, 5.74) is 0. The summed E-state index contributed by atoms with van der Waals surface area (Å²) in [7, 11) is 1.44. The average Bonchev–Trinajstić information content (AvgIpc) is 3.15. The van der Waals surface area contributed by atoms with E-state index < -0.39 is 26.5 Å². The minimum absolute atomic E-state index is 0.0205. The molecule has 0 aliphatic rings. The number of esters is 2. The Morgan fingerprint density at radius 3 is 1.59 bits per heavy atom. The first-order valence-corrected chi connectivity index (χ1v) is 23.6. The van der Waals surface area contributed by atoms with E-state index in [4.69, 9.17) is 18.5 Å². The molecule has 56 heavy (non-hydrogen) atoms. The lowest BCUT2D eigenvalue weighted by Gasteiger charge is -2.24. The molecular weight excluding hydrogens is 725 g/mol. The van der Waals surface area contributed by atoms with Gasteiger partial charge >= 0.3 is 19.8 Å². The van der Waals surface area contributed by atoms with Crippen molar-refractivity contribution in [2.24, 2.45) is 0 Å². The van der Waals surface area contributed by atoms with Gasteiger partial charge in [-0.2, -0.15) is 0 Å². The number of unbranched alkanes of at least 4 members (excludes halogenated alkanes) is 18. The molecule has 10 heteroatoms. The number of nitrogens with zero attached hydrogens (tertiary/aromatic N) is 1. The standard InChI is InChI=1S/C46H82NO8P/c1-6-8-10-12-14-16-18-20-21-22-23-24-25-27-28-30-32-34-36-38-45(48)52-42-44(43-54-56(50,51)53-41-40-47(3,4)5)55-46(49)39-37-35-33-31-29-26-19-17-15-13-11-9-7-2/h9,11,13,15,17,19,22-23,26,29,44H,6-8,10,12,14,16,18,20-21,24-25,27-28,30-43H2,1-5H3/p+1/b11-9+,15-13+,19-17+,23-22+,29-26+. The third kappa shape index (κ3) is 41.3. The van der Waals surface area contributed by atoms with Crippen LogP contribution in [0, 0.1) is 0 Å². The molecular formula is C46H83NO8P+. The van der Waals surface area contributed by atoms with Gasteiger partial charge in [-0.1, -0.05) is 158 Å². The van der Waals surface area contributed by atoms with Gasteiger partial charge in [0, 0.05) is 12.8 Å². The molecule has 0 aromatic heterocycles. The summed E-state index contributed by atoms with van der Waals surface area (Å²) < 4.78 is 34.2. The highest BCUT2D eigenvalue weighted by molar-refractivity contribution is 7.47. The molecule has 0 bridgehead atoms. The molecule has 1 N–H and O–H groups in total. The predicted molar refractivity (Wildman–Crippen MR) is 233 cm³/mol. The maximum Gasteiger partial charge on any atom is 0.472 e. The monoisotopic (exact) mass is 809 g/mol. The molecule has 0 amide bonds. The lowest BCUT2D eigenvalue weighted by molar-refractivity contribution is -0.870. The molecule has 0 spiro atoms. The van der Waals surface area contributed by atoms with E-state index in [2.05, 4.69) is 38.2 Å². The molecule has 0 aliphatic heterocycles. The number of rotatable bonds is 39. The number of hydrogen-bond donors (Lipinski definition) is 1. The van der Waals surface area contributed by atoms with E-state index in [1.165, 1.54) is 77.0 Å². The zero-order valence-electron chi connectivity index (χ0n) is 36.3. The SMILES string of the molecule is CC/C=C/C=C/C=C/C=C/CCCCCC(=O)OC(COC(=O)CCCCCCCCC/C=C/CCCCCCCCCC)COP(=O)(O)OCC[N+](C)(C)C. The Hall–Kier alpha value is -2.29. The van der Waals surface area contributed by atoms with Crippen molar-refractivity contribution in [1.82, 2.24) is 0 Å². The summed E-state index contributed by atoms with van der Waals surface area (Å²) in [5, 5.41) is 0. The molecule has 324 valence electrons. The molecule has 9 nitrogen and oxygen atoms in total. The van der Waals surface area contributed by atoms with Gasteiger partial charge in [-0.25, -0.2) is 4.57 Å². The van der Waals surface area contributed by atoms with E-state index in [-0.39, 0.29) is 32.0 Å². The highest BCUT2D eigenvalue weighted by Gasteiger charge is 2.27. The van der Waals surface area contributed by atoms with Crippen LogP contribution in [-0.4, -0.2) is 74.9 Å². The first kappa shape index (κ1) is 53.7. The summed E-state index contributed by atoms with van der Waals surface area (Å²) in [4.78, 5) is 35.3. The van der Waals surface area contributed by atoms with Gasteiger partial charge in [-0.3, -0.25) is 18.6 Å². The molecule has 0 aliphatic carbocycles. The summed E-state index contributed by atoms with van der Waals surface area (Å²) in [6.45, 7) is 4.22. The minimum atomic E-state index is -4.39. The van der Waals surface area contributed by atoms with E-state index in [9.17, 15) is 19.0 Å². The van der Waals surface area contributed by atoms with Crippen LogP contribution in [0.1, 0.15) is 168 Å². The van der Waals surface area contributed by atoms with Crippen LogP contribution in [0.15, 0.2) is 60.8 Å². The van der Waals surface area contributed by atoms with Crippen molar-refractivity contribution < 1.29 is 42.1 Å². The third-order valence-corrected chi connectivity index (χ3v) is 10.1. The second kappa shape index (κ2) is 38.2. The zero-order chi connectivity index (χ0) is 41.4. The van der Waals surface area contributed by atoms with Crippen LogP contribution in [0.5, 0.6) is 0 Å². The Labute approximate surface area is 343 Å². The fourth-order valence-corrected chi connectivity index (χ4v) is 6.41. The van der Waals surface area contributed by atoms with Crippen molar-refractivity contribution in [3.8, 4) is 0 Å². The third-order valence-electron chi connectivity index (χ3n) is 9.13. The smallest absolute Gasteiger partial charge is 0.462 e. The van der Waals surface area contributed by atoms with Gasteiger partial charge in [-0.15, -0.1) is 0 Å². The zero-order valence-corrected chi connectivity index (χ0v) is 37.2. The van der Waals surface area contributed by atoms with Crippen molar-refractivity contribution in [3.05, 3.63) is 60.8 Å². The van der Waals surface area contributed by atoms with Gasteiger partial charge in [0.1, 0.15) is 19.8 Å². The molecule has 0 rings (SSSR count). The van der Waals surface area contributed by atoms with E-state index in [1.807, 2.05) is 57.6 Å². The van der Waals surface area contributed by atoms with E-state index in [0.29, 0.717) is 17.4 Å². The summed E-state index contributed by atoms with van der Waals surface area (Å²) in [6, 6.07) is 0. The number of carbonyl (C=O) groups is 2. The topological polar surface area (TPSA) is 108 Å². The lowest BCUT2D eigenvalue weighted by atomic mass is 10.1. The highest BCUT2D eigenvalue weighted by Crippen LogP contribution is 2.43. The van der Waals surface area contributed by atoms with Gasteiger partial charge in [0.25, 0.3) is 0 Å². The first-order chi connectivity index (χ1) is 27.0. The van der Waals surface area contributed by atoms with E-state index in [0.717, 1.165) is 57.8 Å². The van der Waals surface area contributed by atoms with Crippen molar-refractivity contribution in [2.75, 3.05) is 47.5 Å². The molecule has 2 atom stereocenters. The van der Waals surface area contributed by atoms with Crippen molar-refractivity contribution in [2.45, 2.75) is 174 Å². The van der Waals surface area contributed by atoms with Crippen LogP contribution in [0.25, 0.3) is 0 Å². The first-order valence-electron chi connectivity index (χ1n) is 22.1. The molecule has 0 fully saturated rings.